The zero-order valence-electron chi connectivity index (χ0n) is 8.14. The van der Waals surface area contributed by atoms with Crippen molar-refractivity contribution in [2.45, 2.75) is 13.8 Å². The number of benzene rings is 1. The lowest BCUT2D eigenvalue weighted by Crippen LogP contribution is -2.34. The third kappa shape index (κ3) is 2.56. The predicted octanol–water partition coefficient (Wildman–Crippen LogP) is 1.17. The SMILES string of the molecule is CNNC(=O)c1cc(C)cc(C)c1. The summed E-state index contributed by atoms with van der Waals surface area (Å²) in [6, 6.07) is 5.76. The molecular formula is C10H14N2O. The van der Waals surface area contributed by atoms with Gasteiger partial charge in [0, 0.05) is 12.6 Å². The highest BCUT2D eigenvalue weighted by Crippen LogP contribution is 2.08. The summed E-state index contributed by atoms with van der Waals surface area (Å²) in [6.07, 6.45) is 0. The van der Waals surface area contributed by atoms with Crippen LogP contribution in [0.5, 0.6) is 0 Å². The second-order valence-electron chi connectivity index (χ2n) is 3.08. The van der Waals surface area contributed by atoms with Crippen LogP contribution in [0.4, 0.5) is 0 Å². The van der Waals surface area contributed by atoms with Crippen molar-refractivity contribution in [3.63, 3.8) is 0 Å². The van der Waals surface area contributed by atoms with Gasteiger partial charge in [-0.1, -0.05) is 17.2 Å². The summed E-state index contributed by atoms with van der Waals surface area (Å²) in [5, 5.41) is 0. The molecule has 0 spiro atoms. The first-order valence-corrected chi connectivity index (χ1v) is 4.19. The largest absolute Gasteiger partial charge is 0.288 e. The minimum Gasteiger partial charge on any atom is -0.288 e. The van der Waals surface area contributed by atoms with Crippen molar-refractivity contribution < 1.29 is 4.79 Å². The fraction of sp³-hybridized carbons (Fsp3) is 0.300. The lowest BCUT2D eigenvalue weighted by Gasteiger charge is -2.04. The molecule has 0 bridgehead atoms. The molecule has 0 unspecified atom stereocenters. The molecule has 0 atom stereocenters. The van der Waals surface area contributed by atoms with Crippen molar-refractivity contribution in [2.24, 2.45) is 0 Å². The number of hydrazine groups is 1. The Bertz CT molecular complexity index is 300. The average molecular weight is 178 g/mol. The Morgan fingerprint density at radius 3 is 2.15 bits per heavy atom. The van der Waals surface area contributed by atoms with Crippen LogP contribution in [-0.2, 0) is 0 Å². The molecule has 1 rings (SSSR count). The van der Waals surface area contributed by atoms with Crippen LogP contribution in [0, 0.1) is 13.8 Å². The third-order valence-electron chi connectivity index (χ3n) is 1.72. The molecule has 13 heavy (non-hydrogen) atoms. The standard InChI is InChI=1S/C10H14N2O/c1-7-4-8(2)6-9(5-7)10(13)12-11-3/h4-6,11H,1-3H3,(H,12,13). The van der Waals surface area contributed by atoms with Crippen LogP contribution in [-0.4, -0.2) is 13.0 Å². The van der Waals surface area contributed by atoms with Crippen molar-refractivity contribution >= 4 is 5.91 Å². The maximum absolute atomic E-state index is 11.4. The maximum Gasteiger partial charge on any atom is 0.265 e. The molecular weight excluding hydrogens is 164 g/mol. The van der Waals surface area contributed by atoms with Crippen LogP contribution in [0.3, 0.4) is 0 Å². The Balaban J connectivity index is 2.94. The van der Waals surface area contributed by atoms with Crippen LogP contribution >= 0.6 is 0 Å². The zero-order valence-corrected chi connectivity index (χ0v) is 8.14. The molecule has 0 fully saturated rings. The molecule has 1 amide bonds. The fourth-order valence-corrected chi connectivity index (χ4v) is 1.29. The summed E-state index contributed by atoms with van der Waals surface area (Å²) in [5.74, 6) is -0.103. The second kappa shape index (κ2) is 4.05. The molecule has 0 aliphatic rings. The van der Waals surface area contributed by atoms with E-state index in [-0.39, 0.29) is 5.91 Å². The number of hydrogen-bond acceptors (Lipinski definition) is 2. The molecule has 3 heteroatoms. The van der Waals surface area contributed by atoms with Gasteiger partial charge in [-0.15, -0.1) is 0 Å². The minimum absolute atomic E-state index is 0.103. The first-order valence-electron chi connectivity index (χ1n) is 4.19. The van der Waals surface area contributed by atoms with E-state index in [0.29, 0.717) is 5.56 Å². The van der Waals surface area contributed by atoms with Crippen LogP contribution in [0.2, 0.25) is 0 Å². The Morgan fingerprint density at radius 1 is 1.15 bits per heavy atom. The molecule has 2 N–H and O–H groups in total. The van der Waals surface area contributed by atoms with Gasteiger partial charge >= 0.3 is 0 Å². The molecule has 70 valence electrons. The summed E-state index contributed by atoms with van der Waals surface area (Å²) >= 11 is 0. The van der Waals surface area contributed by atoms with Crippen molar-refractivity contribution in [2.75, 3.05) is 7.05 Å². The van der Waals surface area contributed by atoms with Crippen molar-refractivity contribution in [1.82, 2.24) is 10.9 Å². The Hall–Kier alpha value is -1.35. The summed E-state index contributed by atoms with van der Waals surface area (Å²) in [5.41, 5.74) is 8.02. The monoisotopic (exact) mass is 178 g/mol. The van der Waals surface area contributed by atoms with E-state index in [0.717, 1.165) is 11.1 Å². The lowest BCUT2D eigenvalue weighted by atomic mass is 10.1. The number of carbonyl (C=O) groups is 1. The Morgan fingerprint density at radius 2 is 1.69 bits per heavy atom. The van der Waals surface area contributed by atoms with E-state index >= 15 is 0 Å². The minimum atomic E-state index is -0.103. The summed E-state index contributed by atoms with van der Waals surface area (Å²) in [4.78, 5) is 11.4. The van der Waals surface area contributed by atoms with E-state index in [2.05, 4.69) is 10.9 Å². The molecule has 1 aromatic rings. The highest BCUT2D eigenvalue weighted by Gasteiger charge is 2.04. The average Bonchev–Trinajstić information content (AvgIpc) is 2.03. The van der Waals surface area contributed by atoms with E-state index in [4.69, 9.17) is 0 Å². The van der Waals surface area contributed by atoms with Gasteiger partial charge in [-0.3, -0.25) is 10.2 Å². The molecule has 0 aliphatic carbocycles. The summed E-state index contributed by atoms with van der Waals surface area (Å²) < 4.78 is 0. The molecule has 0 radical (unpaired) electrons. The van der Waals surface area contributed by atoms with Crippen molar-refractivity contribution in [1.29, 1.82) is 0 Å². The van der Waals surface area contributed by atoms with Crippen LogP contribution in [0.15, 0.2) is 18.2 Å². The molecule has 0 aliphatic heterocycles. The summed E-state index contributed by atoms with van der Waals surface area (Å²) in [7, 11) is 1.67. The van der Waals surface area contributed by atoms with Crippen molar-refractivity contribution in [3.05, 3.63) is 34.9 Å². The number of rotatable bonds is 2. The van der Waals surface area contributed by atoms with Gasteiger partial charge in [-0.25, -0.2) is 5.43 Å². The van der Waals surface area contributed by atoms with E-state index in [9.17, 15) is 4.79 Å². The van der Waals surface area contributed by atoms with Crippen LogP contribution < -0.4 is 10.9 Å². The van der Waals surface area contributed by atoms with Gasteiger partial charge in [0.15, 0.2) is 0 Å². The van der Waals surface area contributed by atoms with E-state index in [1.165, 1.54) is 0 Å². The van der Waals surface area contributed by atoms with Gasteiger partial charge < -0.3 is 0 Å². The van der Waals surface area contributed by atoms with Gasteiger partial charge in [0.2, 0.25) is 0 Å². The van der Waals surface area contributed by atoms with Gasteiger partial charge in [0.25, 0.3) is 5.91 Å². The predicted molar refractivity (Wildman–Crippen MR) is 52.4 cm³/mol. The van der Waals surface area contributed by atoms with Gasteiger partial charge in [-0.2, -0.15) is 0 Å². The van der Waals surface area contributed by atoms with E-state index < -0.39 is 0 Å². The Labute approximate surface area is 78.1 Å². The molecule has 0 saturated heterocycles. The molecule has 0 aromatic heterocycles. The first kappa shape index (κ1) is 9.74. The maximum atomic E-state index is 11.4. The smallest absolute Gasteiger partial charge is 0.265 e. The topological polar surface area (TPSA) is 41.1 Å². The van der Waals surface area contributed by atoms with E-state index in [1.807, 2.05) is 32.0 Å². The number of amides is 1. The van der Waals surface area contributed by atoms with Gasteiger partial charge in [0.1, 0.15) is 0 Å². The number of hydrogen-bond donors (Lipinski definition) is 2. The quantitative estimate of drug-likeness (QED) is 0.667. The highest BCUT2D eigenvalue weighted by atomic mass is 16.2. The normalized spacial score (nSPS) is 9.77. The van der Waals surface area contributed by atoms with Gasteiger partial charge in [0.05, 0.1) is 0 Å². The molecule has 0 saturated carbocycles. The van der Waals surface area contributed by atoms with Crippen LogP contribution in [0.25, 0.3) is 0 Å². The van der Waals surface area contributed by atoms with Crippen LogP contribution in [0.1, 0.15) is 21.5 Å². The first-order chi connectivity index (χ1) is 6.13. The van der Waals surface area contributed by atoms with Crippen molar-refractivity contribution in [3.8, 4) is 0 Å². The molecule has 1 aromatic carbocycles. The highest BCUT2D eigenvalue weighted by molar-refractivity contribution is 5.94. The fourth-order valence-electron chi connectivity index (χ4n) is 1.29. The lowest BCUT2D eigenvalue weighted by molar-refractivity contribution is 0.0938. The van der Waals surface area contributed by atoms with Gasteiger partial charge in [-0.05, 0) is 26.0 Å². The molecule has 3 nitrogen and oxygen atoms in total. The number of carbonyl (C=O) groups excluding carboxylic acids is 1. The zero-order chi connectivity index (χ0) is 9.84. The summed E-state index contributed by atoms with van der Waals surface area (Å²) in [6.45, 7) is 3.95. The number of aryl methyl sites for hydroxylation is 2. The Kier molecular flexibility index (Phi) is 3.03. The number of nitrogens with one attached hydrogen (secondary N) is 2. The second-order valence-corrected chi connectivity index (χ2v) is 3.08. The third-order valence-corrected chi connectivity index (χ3v) is 1.72. The molecule has 0 heterocycles. The van der Waals surface area contributed by atoms with E-state index in [1.54, 1.807) is 7.05 Å².